The average Bonchev–Trinajstić information content (AvgIpc) is 2.64. The van der Waals surface area contributed by atoms with Crippen molar-refractivity contribution in [2.45, 2.75) is 6.92 Å². The van der Waals surface area contributed by atoms with Crippen LogP contribution in [0.4, 0.5) is 0 Å². The summed E-state index contributed by atoms with van der Waals surface area (Å²) in [5, 5.41) is 10.4. The number of carbonyl (C=O) groups is 1. The smallest absolute Gasteiger partial charge is 0.167 e. The summed E-state index contributed by atoms with van der Waals surface area (Å²) in [4.78, 5) is 11.3. The minimum absolute atomic E-state index is 0.0920. The number of furan rings is 1. The zero-order valence-corrected chi connectivity index (χ0v) is 8.40. The highest BCUT2D eigenvalue weighted by Gasteiger charge is 2.18. The van der Waals surface area contributed by atoms with Gasteiger partial charge in [-0.25, -0.2) is 0 Å². The van der Waals surface area contributed by atoms with Crippen molar-refractivity contribution < 1.29 is 19.1 Å². The summed E-state index contributed by atoms with van der Waals surface area (Å²) in [7, 11) is 1.44. The number of hydrogen-bond acceptors (Lipinski definition) is 4. The Hall–Kier alpha value is -1.97. The van der Waals surface area contributed by atoms with Crippen molar-refractivity contribution >= 4 is 16.8 Å². The van der Waals surface area contributed by atoms with Crippen LogP contribution in [-0.4, -0.2) is 18.0 Å². The number of ketones is 1. The molecule has 0 atom stereocenters. The van der Waals surface area contributed by atoms with Crippen molar-refractivity contribution in [3.63, 3.8) is 0 Å². The van der Waals surface area contributed by atoms with Gasteiger partial charge in [-0.3, -0.25) is 4.79 Å². The molecule has 0 aliphatic carbocycles. The van der Waals surface area contributed by atoms with E-state index in [0.29, 0.717) is 16.7 Å². The molecule has 1 N–H and O–H groups in total. The summed E-state index contributed by atoms with van der Waals surface area (Å²) in [6.07, 6.45) is 1.45. The van der Waals surface area contributed by atoms with Crippen molar-refractivity contribution in [1.29, 1.82) is 0 Å². The lowest BCUT2D eigenvalue weighted by Gasteiger charge is -2.07. The van der Waals surface area contributed by atoms with E-state index in [1.54, 1.807) is 12.1 Å². The van der Waals surface area contributed by atoms with Crippen LogP contribution < -0.4 is 4.74 Å². The molecule has 2 aromatic rings. The number of phenols is 1. The molecule has 0 fully saturated rings. The van der Waals surface area contributed by atoms with Crippen LogP contribution >= 0.6 is 0 Å². The lowest BCUT2D eigenvalue weighted by molar-refractivity contribution is 0.101. The van der Waals surface area contributed by atoms with E-state index in [-0.39, 0.29) is 17.1 Å². The van der Waals surface area contributed by atoms with Gasteiger partial charge in [0.25, 0.3) is 0 Å². The molecule has 0 unspecified atom stereocenters. The Morgan fingerprint density at radius 2 is 2.27 bits per heavy atom. The normalized spacial score (nSPS) is 10.5. The second kappa shape index (κ2) is 3.31. The molecule has 0 spiro atoms. The minimum atomic E-state index is -0.243. The third kappa shape index (κ3) is 1.34. The van der Waals surface area contributed by atoms with Gasteiger partial charge >= 0.3 is 0 Å². The number of methoxy groups -OCH3 is 1. The molecule has 0 saturated heterocycles. The first-order valence-electron chi connectivity index (χ1n) is 4.43. The third-order valence-electron chi connectivity index (χ3n) is 2.27. The summed E-state index contributed by atoms with van der Waals surface area (Å²) in [6, 6.07) is 3.20. The number of Topliss-reactive ketones (excluding diaryl/α,β-unsaturated/α-hetero) is 1. The minimum Gasteiger partial charge on any atom is -0.506 e. The van der Waals surface area contributed by atoms with Gasteiger partial charge in [-0.05, 0) is 13.0 Å². The standard InChI is InChI=1S/C11H10O4/c1-6(12)10-9(14-2)5-8-7(11(10)13)3-4-15-8/h3-5,13H,1-2H3. The second-order valence-corrected chi connectivity index (χ2v) is 3.19. The topological polar surface area (TPSA) is 59.7 Å². The lowest BCUT2D eigenvalue weighted by Crippen LogP contribution is -1.98. The summed E-state index contributed by atoms with van der Waals surface area (Å²) in [6.45, 7) is 1.38. The first-order valence-corrected chi connectivity index (χ1v) is 4.43. The van der Waals surface area contributed by atoms with E-state index in [0.717, 1.165) is 0 Å². The van der Waals surface area contributed by atoms with Crippen LogP contribution in [0.5, 0.6) is 11.5 Å². The maximum Gasteiger partial charge on any atom is 0.167 e. The summed E-state index contributed by atoms with van der Waals surface area (Å²) >= 11 is 0. The average molecular weight is 206 g/mol. The second-order valence-electron chi connectivity index (χ2n) is 3.19. The molecule has 2 rings (SSSR count). The summed E-state index contributed by atoms with van der Waals surface area (Å²) < 4.78 is 10.1. The number of benzene rings is 1. The molecule has 0 amide bonds. The quantitative estimate of drug-likeness (QED) is 0.766. The predicted molar refractivity (Wildman–Crippen MR) is 54.4 cm³/mol. The van der Waals surface area contributed by atoms with E-state index >= 15 is 0 Å². The molecule has 0 saturated carbocycles. The molecule has 0 aliphatic rings. The number of phenolic OH excluding ortho intramolecular Hbond substituents is 1. The van der Waals surface area contributed by atoms with Gasteiger partial charge in [0.2, 0.25) is 0 Å². The van der Waals surface area contributed by atoms with Gasteiger partial charge in [-0.2, -0.15) is 0 Å². The zero-order valence-electron chi connectivity index (χ0n) is 8.40. The molecule has 1 heterocycles. The maximum atomic E-state index is 11.3. The van der Waals surface area contributed by atoms with Crippen molar-refractivity contribution in [3.05, 3.63) is 24.0 Å². The van der Waals surface area contributed by atoms with Crippen LogP contribution in [0.2, 0.25) is 0 Å². The zero-order chi connectivity index (χ0) is 11.0. The number of carbonyl (C=O) groups excluding carboxylic acids is 1. The fraction of sp³-hybridized carbons (Fsp3) is 0.182. The molecule has 78 valence electrons. The van der Waals surface area contributed by atoms with Gasteiger partial charge in [-0.1, -0.05) is 0 Å². The highest BCUT2D eigenvalue weighted by molar-refractivity contribution is 6.05. The Kier molecular flexibility index (Phi) is 2.11. The highest BCUT2D eigenvalue weighted by atomic mass is 16.5. The monoisotopic (exact) mass is 206 g/mol. The molecule has 4 heteroatoms. The van der Waals surface area contributed by atoms with Crippen LogP contribution in [0.3, 0.4) is 0 Å². The Balaban J connectivity index is 2.85. The number of fused-ring (bicyclic) bond motifs is 1. The van der Waals surface area contributed by atoms with Crippen LogP contribution in [0.15, 0.2) is 22.8 Å². The van der Waals surface area contributed by atoms with Crippen LogP contribution in [0.1, 0.15) is 17.3 Å². The van der Waals surface area contributed by atoms with E-state index in [9.17, 15) is 9.90 Å². The molecule has 0 radical (unpaired) electrons. The van der Waals surface area contributed by atoms with Crippen LogP contribution in [0.25, 0.3) is 11.0 Å². The van der Waals surface area contributed by atoms with E-state index < -0.39 is 0 Å². The van der Waals surface area contributed by atoms with Gasteiger partial charge in [0, 0.05) is 6.07 Å². The molecule has 15 heavy (non-hydrogen) atoms. The Morgan fingerprint density at radius 1 is 1.53 bits per heavy atom. The first kappa shape index (κ1) is 9.58. The molecule has 1 aromatic carbocycles. The first-order chi connectivity index (χ1) is 7.15. The molecule has 0 aliphatic heterocycles. The largest absolute Gasteiger partial charge is 0.506 e. The number of rotatable bonds is 2. The van der Waals surface area contributed by atoms with Crippen molar-refractivity contribution in [1.82, 2.24) is 0 Å². The van der Waals surface area contributed by atoms with Gasteiger partial charge in [0.15, 0.2) is 5.78 Å². The van der Waals surface area contributed by atoms with E-state index in [1.807, 2.05) is 0 Å². The third-order valence-corrected chi connectivity index (χ3v) is 2.27. The number of aromatic hydroxyl groups is 1. The molecule has 0 bridgehead atoms. The van der Waals surface area contributed by atoms with Crippen LogP contribution in [-0.2, 0) is 0 Å². The number of hydrogen-bond donors (Lipinski definition) is 1. The maximum absolute atomic E-state index is 11.3. The van der Waals surface area contributed by atoms with Gasteiger partial charge in [0.1, 0.15) is 22.6 Å². The molecular formula is C11H10O4. The van der Waals surface area contributed by atoms with Crippen LogP contribution in [0, 0.1) is 0 Å². The molecular weight excluding hydrogens is 196 g/mol. The Labute approximate surface area is 86.1 Å². The predicted octanol–water partition coefficient (Wildman–Crippen LogP) is 2.35. The lowest BCUT2D eigenvalue weighted by atomic mass is 10.1. The van der Waals surface area contributed by atoms with E-state index in [4.69, 9.17) is 9.15 Å². The van der Waals surface area contributed by atoms with Crippen molar-refractivity contribution in [2.75, 3.05) is 7.11 Å². The van der Waals surface area contributed by atoms with Crippen molar-refractivity contribution in [3.8, 4) is 11.5 Å². The highest BCUT2D eigenvalue weighted by Crippen LogP contribution is 2.36. The van der Waals surface area contributed by atoms with Gasteiger partial charge in [0.05, 0.1) is 18.8 Å². The molecule has 1 aromatic heterocycles. The summed E-state index contributed by atoms with van der Waals surface area (Å²) in [5.74, 6) is -0.0134. The number of ether oxygens (including phenoxy) is 1. The molecule has 4 nitrogen and oxygen atoms in total. The van der Waals surface area contributed by atoms with Crippen molar-refractivity contribution in [2.24, 2.45) is 0 Å². The summed E-state index contributed by atoms with van der Waals surface area (Å²) in [5.41, 5.74) is 0.681. The Bertz CT molecular complexity index is 525. The van der Waals surface area contributed by atoms with Gasteiger partial charge in [-0.15, -0.1) is 0 Å². The Morgan fingerprint density at radius 3 is 2.87 bits per heavy atom. The van der Waals surface area contributed by atoms with Gasteiger partial charge < -0.3 is 14.3 Å². The fourth-order valence-corrected chi connectivity index (χ4v) is 1.57. The SMILES string of the molecule is COc1cc2occc2c(O)c1C(C)=O. The van der Waals surface area contributed by atoms with E-state index in [1.165, 1.54) is 20.3 Å². The van der Waals surface area contributed by atoms with E-state index in [2.05, 4.69) is 0 Å². The fourth-order valence-electron chi connectivity index (χ4n) is 1.57.